The van der Waals surface area contributed by atoms with Crippen molar-refractivity contribution in [3.05, 3.63) is 0 Å². The maximum absolute atomic E-state index is 10.1. The number of amides is 1. The maximum atomic E-state index is 10.1. The van der Waals surface area contributed by atoms with Crippen molar-refractivity contribution >= 4 is 5.91 Å². The quantitative estimate of drug-likeness (QED) is 0.486. The van der Waals surface area contributed by atoms with Crippen molar-refractivity contribution in [3.63, 3.8) is 0 Å². The maximum Gasteiger partial charge on any atom is 0.218 e. The van der Waals surface area contributed by atoms with Crippen LogP contribution in [0.4, 0.5) is 0 Å². The van der Waals surface area contributed by atoms with Gasteiger partial charge >= 0.3 is 0 Å². The second-order valence-electron chi connectivity index (χ2n) is 1.41. The van der Waals surface area contributed by atoms with Crippen LogP contribution in [-0.2, 0) is 4.79 Å². The molecule has 0 aromatic rings. The van der Waals surface area contributed by atoms with Crippen LogP contribution in [0.1, 0.15) is 6.92 Å². The van der Waals surface area contributed by atoms with Gasteiger partial charge in [-0.2, -0.15) is 0 Å². The van der Waals surface area contributed by atoms with E-state index in [2.05, 4.69) is 0 Å². The van der Waals surface area contributed by atoms with Gasteiger partial charge in [-0.05, 0) is 0 Å². The van der Waals surface area contributed by atoms with E-state index in [0.29, 0.717) is 0 Å². The van der Waals surface area contributed by atoms with E-state index in [9.17, 15) is 4.79 Å². The summed E-state index contributed by atoms with van der Waals surface area (Å²) < 4.78 is 0. The highest BCUT2D eigenvalue weighted by Crippen LogP contribution is 1.69. The smallest absolute Gasteiger partial charge is 0.218 e. The van der Waals surface area contributed by atoms with Crippen molar-refractivity contribution in [1.82, 2.24) is 17.2 Å². The fourth-order valence-corrected chi connectivity index (χ4v) is 0. The highest BCUT2D eigenvalue weighted by atomic mass is 16.2. The van der Waals surface area contributed by atoms with Crippen LogP contribution in [0, 0.1) is 0 Å². The first-order valence-electron chi connectivity index (χ1n) is 1.82. The Morgan fingerprint density at radius 2 is 1.38 bits per heavy atom. The van der Waals surface area contributed by atoms with Crippen molar-refractivity contribution in [2.75, 3.05) is 14.1 Å². The molecule has 8 heavy (non-hydrogen) atoms. The van der Waals surface area contributed by atoms with Crippen molar-refractivity contribution < 1.29 is 4.79 Å². The molecule has 0 fully saturated rings. The molecule has 6 N–H and O–H groups in total. The molecule has 0 unspecified atom stereocenters. The second-order valence-corrected chi connectivity index (χ2v) is 1.41. The second kappa shape index (κ2) is 6.39. The zero-order valence-corrected chi connectivity index (χ0v) is 5.77. The molecule has 52 valence electrons. The number of carbonyl (C=O) groups excluding carboxylic acids is 1. The summed E-state index contributed by atoms with van der Waals surface area (Å²) in [5.74, 6) is 0.0926. The summed E-state index contributed by atoms with van der Waals surface area (Å²) in [5, 5.41) is 0. The highest BCUT2D eigenvalue weighted by Gasteiger charge is 1.87. The van der Waals surface area contributed by atoms with Gasteiger partial charge in [0, 0.05) is 21.0 Å². The minimum absolute atomic E-state index is 0. The number of hydrogen-bond donors (Lipinski definition) is 2. The fraction of sp³-hybridized carbons (Fsp3) is 0.750. The first kappa shape index (κ1) is 15.7. The Morgan fingerprint density at radius 1 is 1.25 bits per heavy atom. The predicted octanol–water partition coefficient (Wildman–Crippen LogP) is 0.418. The Bertz CT molecular complexity index is 62.3. The third-order valence-electron chi connectivity index (χ3n) is 0.630. The minimum atomic E-state index is 0. The summed E-state index contributed by atoms with van der Waals surface area (Å²) in [6.07, 6.45) is 0. The SMILES string of the molecule is CC(=O)N(C)C.N.N. The van der Waals surface area contributed by atoms with Gasteiger partial charge in [0.2, 0.25) is 5.91 Å². The molecule has 0 aliphatic carbocycles. The highest BCUT2D eigenvalue weighted by molar-refractivity contribution is 5.72. The Balaban J connectivity index is -0.000000125. The molecular formula is C4H15N3O. The third-order valence-corrected chi connectivity index (χ3v) is 0.630. The molecule has 0 atom stereocenters. The van der Waals surface area contributed by atoms with Gasteiger partial charge in [0.15, 0.2) is 0 Å². The molecule has 0 rings (SSSR count). The Morgan fingerprint density at radius 3 is 1.38 bits per heavy atom. The normalized spacial score (nSPS) is 5.88. The van der Waals surface area contributed by atoms with Crippen molar-refractivity contribution in [2.45, 2.75) is 6.92 Å². The predicted molar refractivity (Wildman–Crippen MR) is 34.4 cm³/mol. The standard InChI is InChI=1S/C4H9NO.2H3N/c1-4(6)5(2)3;;/h1-3H3;2*1H3. The van der Waals surface area contributed by atoms with Crippen LogP contribution in [0.15, 0.2) is 0 Å². The average Bonchev–Trinajstić information content (AvgIpc) is 1.36. The molecule has 0 spiro atoms. The van der Waals surface area contributed by atoms with E-state index >= 15 is 0 Å². The summed E-state index contributed by atoms with van der Waals surface area (Å²) in [6.45, 7) is 1.53. The van der Waals surface area contributed by atoms with Crippen LogP contribution in [-0.4, -0.2) is 24.9 Å². The molecular weight excluding hydrogens is 106 g/mol. The third kappa shape index (κ3) is 9.04. The average molecular weight is 121 g/mol. The molecule has 0 heterocycles. The largest absolute Gasteiger partial charge is 0.349 e. The Hall–Kier alpha value is -0.610. The van der Waals surface area contributed by atoms with Crippen molar-refractivity contribution in [2.24, 2.45) is 0 Å². The lowest BCUT2D eigenvalue weighted by Gasteiger charge is -2.02. The van der Waals surface area contributed by atoms with Gasteiger partial charge in [-0.15, -0.1) is 0 Å². The topological polar surface area (TPSA) is 90.3 Å². The van der Waals surface area contributed by atoms with Crippen LogP contribution in [0.25, 0.3) is 0 Å². The summed E-state index contributed by atoms with van der Waals surface area (Å²) in [4.78, 5) is 11.6. The van der Waals surface area contributed by atoms with E-state index in [4.69, 9.17) is 0 Å². The molecule has 0 aliphatic heterocycles. The van der Waals surface area contributed by atoms with Gasteiger partial charge in [-0.1, -0.05) is 0 Å². The number of nitrogens with zero attached hydrogens (tertiary/aromatic N) is 1. The van der Waals surface area contributed by atoms with E-state index < -0.39 is 0 Å². The molecule has 0 aliphatic rings. The molecule has 0 saturated heterocycles. The van der Waals surface area contributed by atoms with Crippen molar-refractivity contribution in [3.8, 4) is 0 Å². The monoisotopic (exact) mass is 121 g/mol. The molecule has 0 saturated carbocycles. The molecule has 4 nitrogen and oxygen atoms in total. The van der Waals surface area contributed by atoms with Gasteiger partial charge in [0.1, 0.15) is 0 Å². The van der Waals surface area contributed by atoms with E-state index in [1.54, 1.807) is 14.1 Å². The first-order chi connectivity index (χ1) is 2.64. The van der Waals surface area contributed by atoms with Crippen LogP contribution >= 0.6 is 0 Å². The molecule has 1 amide bonds. The lowest BCUT2D eigenvalue weighted by atomic mass is 10.7. The number of hydrogen-bond acceptors (Lipinski definition) is 3. The van der Waals surface area contributed by atoms with Crippen molar-refractivity contribution in [1.29, 1.82) is 0 Å². The Kier molecular flexibility index (Phi) is 12.5. The molecule has 4 heteroatoms. The minimum Gasteiger partial charge on any atom is -0.349 e. The zero-order valence-electron chi connectivity index (χ0n) is 5.77. The lowest BCUT2D eigenvalue weighted by molar-refractivity contribution is -0.126. The Labute approximate surface area is 50.0 Å². The number of rotatable bonds is 0. The van der Waals surface area contributed by atoms with Gasteiger partial charge in [-0.25, -0.2) is 0 Å². The van der Waals surface area contributed by atoms with Gasteiger partial charge in [0.25, 0.3) is 0 Å². The lowest BCUT2D eigenvalue weighted by Crippen LogP contribution is -2.17. The van der Waals surface area contributed by atoms with Gasteiger partial charge in [-0.3, -0.25) is 4.79 Å². The van der Waals surface area contributed by atoms with Gasteiger partial charge in [0.05, 0.1) is 0 Å². The van der Waals surface area contributed by atoms with E-state index in [1.807, 2.05) is 0 Å². The van der Waals surface area contributed by atoms with E-state index in [1.165, 1.54) is 11.8 Å². The van der Waals surface area contributed by atoms with Crippen LogP contribution in [0.2, 0.25) is 0 Å². The van der Waals surface area contributed by atoms with Crippen LogP contribution < -0.4 is 12.3 Å². The summed E-state index contributed by atoms with van der Waals surface area (Å²) in [5.41, 5.74) is 0. The van der Waals surface area contributed by atoms with Gasteiger partial charge < -0.3 is 17.2 Å². The van der Waals surface area contributed by atoms with E-state index in [-0.39, 0.29) is 18.2 Å². The first-order valence-corrected chi connectivity index (χ1v) is 1.82. The fourth-order valence-electron chi connectivity index (χ4n) is 0. The molecule has 0 aromatic carbocycles. The molecule has 0 bridgehead atoms. The summed E-state index contributed by atoms with van der Waals surface area (Å²) in [7, 11) is 3.45. The number of carbonyl (C=O) groups is 1. The molecule has 0 aromatic heterocycles. The van der Waals surface area contributed by atoms with Crippen LogP contribution in [0.3, 0.4) is 0 Å². The van der Waals surface area contributed by atoms with E-state index in [0.717, 1.165) is 0 Å². The molecule has 0 radical (unpaired) electrons. The summed E-state index contributed by atoms with van der Waals surface area (Å²) in [6, 6.07) is 0. The zero-order chi connectivity index (χ0) is 5.15. The summed E-state index contributed by atoms with van der Waals surface area (Å²) >= 11 is 0. The van der Waals surface area contributed by atoms with Crippen LogP contribution in [0.5, 0.6) is 0 Å².